The van der Waals surface area contributed by atoms with Crippen LogP contribution in [0.5, 0.6) is 0 Å². The molecule has 1 aliphatic rings. The molecule has 4 nitrogen and oxygen atoms in total. The molecule has 2 heterocycles. The van der Waals surface area contributed by atoms with E-state index in [4.69, 9.17) is 0 Å². The van der Waals surface area contributed by atoms with Crippen molar-refractivity contribution in [2.75, 3.05) is 25.0 Å². The van der Waals surface area contributed by atoms with Crippen molar-refractivity contribution in [1.29, 1.82) is 0 Å². The highest BCUT2D eigenvalue weighted by Gasteiger charge is 2.15. The molecule has 1 aromatic heterocycles. The molecule has 5 heteroatoms. The summed E-state index contributed by atoms with van der Waals surface area (Å²) in [5.74, 6) is 0.0750. The lowest BCUT2D eigenvalue weighted by Gasteiger charge is -2.25. The Morgan fingerprint density at radius 1 is 1.22 bits per heavy atom. The van der Waals surface area contributed by atoms with Crippen molar-refractivity contribution in [3.8, 4) is 0 Å². The van der Waals surface area contributed by atoms with Crippen LogP contribution in [0.15, 0.2) is 35.7 Å². The quantitative estimate of drug-likeness (QED) is 0.844. The van der Waals surface area contributed by atoms with Gasteiger partial charge in [-0.25, -0.2) is 4.98 Å². The molecule has 0 aliphatic carbocycles. The molecule has 3 rings (SSSR count). The van der Waals surface area contributed by atoms with Gasteiger partial charge in [0.2, 0.25) is 5.91 Å². The maximum atomic E-state index is 12.4. The van der Waals surface area contributed by atoms with Crippen LogP contribution < -0.4 is 4.90 Å². The fraction of sp³-hybridized carbons (Fsp3) is 0.444. The number of carbonyl (C=O) groups excluding carboxylic acids is 1. The zero-order valence-electron chi connectivity index (χ0n) is 13.6. The third kappa shape index (κ3) is 4.39. The third-order valence-electron chi connectivity index (χ3n) is 4.26. The summed E-state index contributed by atoms with van der Waals surface area (Å²) in [6, 6.07) is 9.73. The van der Waals surface area contributed by atoms with E-state index in [0.29, 0.717) is 6.42 Å². The van der Waals surface area contributed by atoms with Crippen molar-refractivity contribution >= 4 is 22.9 Å². The van der Waals surface area contributed by atoms with Crippen molar-refractivity contribution < 1.29 is 4.79 Å². The molecule has 0 bridgehead atoms. The van der Waals surface area contributed by atoms with E-state index in [-0.39, 0.29) is 5.91 Å². The zero-order valence-corrected chi connectivity index (χ0v) is 14.4. The Bertz CT molecular complexity index is 635. The largest absolute Gasteiger partial charge is 0.315 e. The number of aromatic nitrogens is 1. The van der Waals surface area contributed by atoms with Gasteiger partial charge in [-0.05, 0) is 38.1 Å². The lowest BCUT2D eigenvalue weighted by Crippen LogP contribution is -2.29. The van der Waals surface area contributed by atoms with E-state index in [2.05, 4.69) is 9.88 Å². The Morgan fingerprint density at radius 3 is 2.70 bits per heavy atom. The number of carbonyl (C=O) groups is 1. The van der Waals surface area contributed by atoms with Crippen molar-refractivity contribution in [2.24, 2.45) is 0 Å². The number of likely N-dealkylation sites (N-methyl/N-ethyl adjacent to an activating group) is 1. The first kappa shape index (κ1) is 16.1. The molecule has 1 fully saturated rings. The molecular formula is C18H23N3OS. The summed E-state index contributed by atoms with van der Waals surface area (Å²) in [6.07, 6.45) is 4.29. The highest BCUT2D eigenvalue weighted by molar-refractivity contribution is 7.09. The van der Waals surface area contributed by atoms with Gasteiger partial charge >= 0.3 is 0 Å². The van der Waals surface area contributed by atoms with Gasteiger partial charge < -0.3 is 4.90 Å². The maximum Gasteiger partial charge on any atom is 0.232 e. The predicted octanol–water partition coefficient (Wildman–Crippen LogP) is 3.33. The summed E-state index contributed by atoms with van der Waals surface area (Å²) in [6.45, 7) is 3.27. The van der Waals surface area contributed by atoms with Crippen LogP contribution in [-0.4, -0.2) is 35.9 Å². The van der Waals surface area contributed by atoms with Crippen LogP contribution in [0.4, 0.5) is 5.69 Å². The van der Waals surface area contributed by atoms with Crippen molar-refractivity contribution in [3.63, 3.8) is 0 Å². The molecule has 0 radical (unpaired) electrons. The summed E-state index contributed by atoms with van der Waals surface area (Å²) in [5, 5.41) is 3.15. The molecule has 1 saturated heterocycles. The lowest BCUT2D eigenvalue weighted by molar-refractivity contribution is -0.117. The van der Waals surface area contributed by atoms with Gasteiger partial charge in [-0.2, -0.15) is 0 Å². The summed E-state index contributed by atoms with van der Waals surface area (Å²) in [7, 11) is 1.82. The number of likely N-dealkylation sites (tertiary alicyclic amines) is 1. The standard InChI is InChI=1S/C18H23N3OS/c1-20(16-8-4-2-5-9-16)18(22)12-15-14-23-17(19-15)13-21-10-6-3-7-11-21/h2,4-5,8-9,14H,3,6-7,10-13H2,1H3. The van der Waals surface area contributed by atoms with Crippen LogP contribution in [0.2, 0.25) is 0 Å². The molecule has 2 aromatic rings. The average molecular weight is 329 g/mol. The smallest absolute Gasteiger partial charge is 0.232 e. The first-order valence-electron chi connectivity index (χ1n) is 8.19. The van der Waals surface area contributed by atoms with Crippen LogP contribution in [0.1, 0.15) is 30.0 Å². The number of hydrogen-bond acceptors (Lipinski definition) is 4. The van der Waals surface area contributed by atoms with E-state index in [1.54, 1.807) is 16.2 Å². The molecule has 0 saturated carbocycles. The van der Waals surface area contributed by atoms with E-state index >= 15 is 0 Å². The van der Waals surface area contributed by atoms with Gasteiger partial charge in [0.05, 0.1) is 18.7 Å². The minimum Gasteiger partial charge on any atom is -0.315 e. The molecule has 122 valence electrons. The van der Waals surface area contributed by atoms with Crippen LogP contribution in [0.3, 0.4) is 0 Å². The number of piperidine rings is 1. The normalized spacial score (nSPS) is 15.5. The van der Waals surface area contributed by atoms with E-state index in [1.807, 2.05) is 42.8 Å². The van der Waals surface area contributed by atoms with Gasteiger partial charge in [0.25, 0.3) is 0 Å². The molecule has 0 N–H and O–H groups in total. The highest BCUT2D eigenvalue weighted by atomic mass is 32.1. The number of thiazole rings is 1. The molecule has 0 atom stereocenters. The minimum atomic E-state index is 0.0750. The lowest BCUT2D eigenvalue weighted by atomic mass is 10.1. The second kappa shape index (κ2) is 7.70. The molecule has 1 aromatic carbocycles. The van der Waals surface area contributed by atoms with Gasteiger partial charge in [0, 0.05) is 18.1 Å². The molecule has 1 aliphatic heterocycles. The summed E-state index contributed by atoms with van der Waals surface area (Å²) >= 11 is 1.67. The van der Waals surface area contributed by atoms with Crippen LogP contribution >= 0.6 is 11.3 Å². The fourth-order valence-corrected chi connectivity index (χ4v) is 3.72. The predicted molar refractivity (Wildman–Crippen MR) is 94.8 cm³/mol. The first-order valence-corrected chi connectivity index (χ1v) is 9.07. The Labute approximate surface area is 141 Å². The Balaban J connectivity index is 1.56. The summed E-state index contributed by atoms with van der Waals surface area (Å²) in [5.41, 5.74) is 1.80. The number of benzene rings is 1. The number of amides is 1. The van der Waals surface area contributed by atoms with Gasteiger partial charge in [-0.3, -0.25) is 9.69 Å². The molecule has 0 unspecified atom stereocenters. The molecule has 1 amide bonds. The van der Waals surface area contributed by atoms with E-state index < -0.39 is 0 Å². The summed E-state index contributed by atoms with van der Waals surface area (Å²) < 4.78 is 0. The van der Waals surface area contributed by atoms with Crippen molar-refractivity contribution in [1.82, 2.24) is 9.88 Å². The zero-order chi connectivity index (χ0) is 16.1. The number of rotatable bonds is 5. The van der Waals surface area contributed by atoms with Gasteiger partial charge in [-0.15, -0.1) is 11.3 Å². The Morgan fingerprint density at radius 2 is 1.96 bits per heavy atom. The molecule has 0 spiro atoms. The van der Waals surface area contributed by atoms with Crippen LogP contribution in [0.25, 0.3) is 0 Å². The summed E-state index contributed by atoms with van der Waals surface area (Å²) in [4.78, 5) is 21.2. The van der Waals surface area contributed by atoms with Gasteiger partial charge in [-0.1, -0.05) is 24.6 Å². The van der Waals surface area contributed by atoms with Crippen LogP contribution in [0, 0.1) is 0 Å². The van der Waals surface area contributed by atoms with Crippen molar-refractivity contribution in [3.05, 3.63) is 46.4 Å². The number of nitrogens with zero attached hydrogens (tertiary/aromatic N) is 3. The topological polar surface area (TPSA) is 36.4 Å². The monoisotopic (exact) mass is 329 g/mol. The second-order valence-electron chi connectivity index (χ2n) is 6.03. The van der Waals surface area contributed by atoms with Crippen molar-refractivity contribution in [2.45, 2.75) is 32.2 Å². The maximum absolute atomic E-state index is 12.4. The molecular weight excluding hydrogens is 306 g/mol. The Kier molecular flexibility index (Phi) is 5.41. The second-order valence-corrected chi connectivity index (χ2v) is 6.98. The fourth-order valence-electron chi connectivity index (χ4n) is 2.88. The highest BCUT2D eigenvalue weighted by Crippen LogP contribution is 2.18. The number of para-hydroxylation sites is 1. The Hall–Kier alpha value is -1.72. The number of hydrogen-bond donors (Lipinski definition) is 0. The average Bonchev–Trinajstić information content (AvgIpc) is 3.02. The van der Waals surface area contributed by atoms with Gasteiger partial charge in [0.15, 0.2) is 0 Å². The number of anilines is 1. The molecule has 23 heavy (non-hydrogen) atoms. The van der Waals surface area contributed by atoms with E-state index in [0.717, 1.165) is 22.9 Å². The SMILES string of the molecule is CN(C(=O)Cc1csc(CN2CCCCC2)n1)c1ccccc1. The van der Waals surface area contributed by atoms with E-state index in [9.17, 15) is 4.79 Å². The third-order valence-corrected chi connectivity index (χ3v) is 5.14. The van der Waals surface area contributed by atoms with Crippen LogP contribution in [-0.2, 0) is 17.8 Å². The van der Waals surface area contributed by atoms with Gasteiger partial charge in [0.1, 0.15) is 5.01 Å². The minimum absolute atomic E-state index is 0.0750. The van der Waals surface area contributed by atoms with E-state index in [1.165, 1.54) is 32.4 Å². The first-order chi connectivity index (χ1) is 11.2.